The maximum Gasteiger partial charge on any atom is 0.313 e. The lowest BCUT2D eigenvalue weighted by atomic mass is 9.75. The molecular formula is C18H23NO4S. The minimum Gasteiger partial charge on any atom is -0.465 e. The number of anilines is 1. The van der Waals surface area contributed by atoms with Gasteiger partial charge in [0, 0.05) is 11.6 Å². The summed E-state index contributed by atoms with van der Waals surface area (Å²) in [5, 5.41) is -0.491. The number of hydrogen-bond acceptors (Lipinski definition) is 4. The zero-order chi connectivity index (χ0) is 17.5. The summed E-state index contributed by atoms with van der Waals surface area (Å²) in [5.74, 6) is 0.0763. The minimum atomic E-state index is -3.35. The van der Waals surface area contributed by atoms with Gasteiger partial charge in [-0.3, -0.25) is 9.52 Å². The van der Waals surface area contributed by atoms with Gasteiger partial charge in [-0.15, -0.1) is 0 Å². The molecule has 2 aliphatic rings. The predicted molar refractivity (Wildman–Crippen MR) is 93.1 cm³/mol. The van der Waals surface area contributed by atoms with Crippen LogP contribution in [-0.2, 0) is 26.0 Å². The fourth-order valence-electron chi connectivity index (χ4n) is 3.60. The van der Waals surface area contributed by atoms with Crippen molar-refractivity contribution >= 4 is 21.7 Å². The Bertz CT molecular complexity index is 767. The molecule has 0 bridgehead atoms. The zero-order valence-electron chi connectivity index (χ0n) is 14.0. The molecule has 1 saturated carbocycles. The highest BCUT2D eigenvalue weighted by molar-refractivity contribution is 7.93. The summed E-state index contributed by atoms with van der Waals surface area (Å²) in [5.41, 5.74) is 2.15. The first kappa shape index (κ1) is 17.0. The van der Waals surface area contributed by atoms with Crippen LogP contribution in [0.25, 0.3) is 0 Å². The van der Waals surface area contributed by atoms with Gasteiger partial charge in [-0.05, 0) is 50.8 Å². The second kappa shape index (κ2) is 5.92. The number of nitrogens with one attached hydrogen (secondary N) is 1. The summed E-state index contributed by atoms with van der Waals surface area (Å²) < 4.78 is 31.7. The largest absolute Gasteiger partial charge is 0.465 e. The summed E-state index contributed by atoms with van der Waals surface area (Å²) in [6.07, 6.45) is 2.13. The summed E-state index contributed by atoms with van der Waals surface area (Å²) in [7, 11) is -3.35. The van der Waals surface area contributed by atoms with Gasteiger partial charge in [-0.25, -0.2) is 8.42 Å². The number of carbonyl (C=O) groups excluding carboxylic acids is 1. The normalized spacial score (nSPS) is 26.5. The van der Waals surface area contributed by atoms with Gasteiger partial charge in [0.25, 0.3) is 0 Å². The summed E-state index contributed by atoms with van der Waals surface area (Å²) in [6.45, 7) is 7.79. The third-order valence-corrected chi connectivity index (χ3v) is 6.82. The molecule has 1 heterocycles. The van der Waals surface area contributed by atoms with Gasteiger partial charge < -0.3 is 4.74 Å². The number of benzene rings is 1. The molecule has 0 aromatic heterocycles. The Morgan fingerprint density at radius 2 is 2.00 bits per heavy atom. The van der Waals surface area contributed by atoms with Crippen LogP contribution in [0, 0.1) is 11.3 Å². The summed E-state index contributed by atoms with van der Waals surface area (Å²) in [6, 6.07) is 7.23. The van der Waals surface area contributed by atoms with Crippen molar-refractivity contribution in [2.75, 3.05) is 11.3 Å². The molecule has 3 rings (SSSR count). The van der Waals surface area contributed by atoms with E-state index in [-0.39, 0.29) is 11.9 Å². The fraction of sp³-hybridized carbons (Fsp3) is 0.500. The third-order valence-electron chi connectivity index (χ3n) is 5.06. The standard InChI is InChI=1S/C18H23NO4S/c1-12(2)24(21,22)19-16-6-4-14(5-7-16)10-18-9-13(3)8-15(18)11-23-17(18)20/h4-7,12,15,19H,3,8-11H2,1-2H3. The topological polar surface area (TPSA) is 72.5 Å². The van der Waals surface area contributed by atoms with E-state index < -0.39 is 20.7 Å². The van der Waals surface area contributed by atoms with E-state index in [2.05, 4.69) is 11.3 Å². The SMILES string of the molecule is C=C1CC2COC(=O)C2(Cc2ccc(NS(=O)(=O)C(C)C)cc2)C1. The van der Waals surface area contributed by atoms with Crippen LogP contribution in [0.4, 0.5) is 5.69 Å². The molecule has 6 heteroatoms. The highest BCUT2D eigenvalue weighted by atomic mass is 32.2. The smallest absolute Gasteiger partial charge is 0.313 e. The Morgan fingerprint density at radius 1 is 1.33 bits per heavy atom. The van der Waals surface area contributed by atoms with E-state index in [1.165, 1.54) is 0 Å². The molecule has 2 unspecified atom stereocenters. The first-order valence-electron chi connectivity index (χ1n) is 8.17. The molecule has 1 saturated heterocycles. The van der Waals surface area contributed by atoms with E-state index in [1.54, 1.807) is 26.0 Å². The van der Waals surface area contributed by atoms with Gasteiger partial charge in [-0.2, -0.15) is 0 Å². The van der Waals surface area contributed by atoms with Crippen molar-refractivity contribution in [2.24, 2.45) is 11.3 Å². The highest BCUT2D eigenvalue weighted by Crippen LogP contribution is 2.52. The molecule has 1 aromatic rings. The Morgan fingerprint density at radius 3 is 2.62 bits per heavy atom. The molecule has 2 atom stereocenters. The van der Waals surface area contributed by atoms with Crippen LogP contribution < -0.4 is 4.72 Å². The molecule has 0 amide bonds. The molecule has 24 heavy (non-hydrogen) atoms. The Kier molecular flexibility index (Phi) is 4.20. The van der Waals surface area contributed by atoms with Crippen molar-refractivity contribution in [3.63, 3.8) is 0 Å². The quantitative estimate of drug-likeness (QED) is 0.655. The van der Waals surface area contributed by atoms with E-state index in [1.807, 2.05) is 12.1 Å². The maximum absolute atomic E-state index is 12.3. The van der Waals surface area contributed by atoms with Crippen LogP contribution in [0.5, 0.6) is 0 Å². The molecular weight excluding hydrogens is 326 g/mol. The summed E-state index contributed by atoms with van der Waals surface area (Å²) >= 11 is 0. The number of fused-ring (bicyclic) bond motifs is 1. The van der Waals surface area contributed by atoms with E-state index >= 15 is 0 Å². The molecule has 1 aliphatic heterocycles. The molecule has 1 aliphatic carbocycles. The number of carbonyl (C=O) groups is 1. The minimum absolute atomic E-state index is 0.129. The predicted octanol–water partition coefficient (Wildman–Crippen LogP) is 2.89. The number of esters is 1. The van der Waals surface area contributed by atoms with Crippen molar-refractivity contribution < 1.29 is 17.9 Å². The van der Waals surface area contributed by atoms with Crippen LogP contribution in [0.3, 0.4) is 0 Å². The van der Waals surface area contributed by atoms with Crippen LogP contribution in [0.2, 0.25) is 0 Å². The van der Waals surface area contributed by atoms with Gasteiger partial charge in [0.05, 0.1) is 17.3 Å². The molecule has 1 N–H and O–H groups in total. The van der Waals surface area contributed by atoms with E-state index in [0.29, 0.717) is 25.1 Å². The maximum atomic E-state index is 12.3. The number of sulfonamides is 1. The van der Waals surface area contributed by atoms with Crippen LogP contribution in [0.1, 0.15) is 32.3 Å². The van der Waals surface area contributed by atoms with Crippen molar-refractivity contribution in [1.82, 2.24) is 0 Å². The molecule has 1 aromatic carbocycles. The van der Waals surface area contributed by atoms with Gasteiger partial charge >= 0.3 is 5.97 Å². The third kappa shape index (κ3) is 2.95. The average molecular weight is 349 g/mol. The van der Waals surface area contributed by atoms with E-state index in [0.717, 1.165) is 17.6 Å². The van der Waals surface area contributed by atoms with Crippen LogP contribution >= 0.6 is 0 Å². The van der Waals surface area contributed by atoms with Crippen molar-refractivity contribution in [1.29, 1.82) is 0 Å². The Balaban J connectivity index is 1.77. The van der Waals surface area contributed by atoms with E-state index in [9.17, 15) is 13.2 Å². The summed E-state index contributed by atoms with van der Waals surface area (Å²) in [4.78, 5) is 12.3. The van der Waals surface area contributed by atoms with Gasteiger partial charge in [0.1, 0.15) is 0 Å². The Hall–Kier alpha value is -1.82. The monoisotopic (exact) mass is 349 g/mol. The molecule has 2 fully saturated rings. The second-order valence-corrected chi connectivity index (χ2v) is 9.39. The number of rotatable bonds is 5. The zero-order valence-corrected chi connectivity index (χ0v) is 14.9. The first-order valence-corrected chi connectivity index (χ1v) is 9.72. The molecule has 0 spiro atoms. The average Bonchev–Trinajstić information content (AvgIpc) is 2.96. The number of cyclic esters (lactones) is 1. The molecule has 5 nitrogen and oxygen atoms in total. The van der Waals surface area contributed by atoms with Gasteiger partial charge in [-0.1, -0.05) is 24.3 Å². The van der Waals surface area contributed by atoms with E-state index in [4.69, 9.17) is 4.74 Å². The van der Waals surface area contributed by atoms with Crippen molar-refractivity contribution in [2.45, 2.75) is 38.4 Å². The lowest BCUT2D eigenvalue weighted by molar-refractivity contribution is -0.146. The molecule has 130 valence electrons. The number of allylic oxidation sites excluding steroid dienone is 1. The van der Waals surface area contributed by atoms with Gasteiger partial charge in [0.15, 0.2) is 0 Å². The van der Waals surface area contributed by atoms with Crippen molar-refractivity contribution in [3.05, 3.63) is 42.0 Å². The fourth-order valence-corrected chi connectivity index (χ4v) is 4.30. The lowest BCUT2D eigenvalue weighted by Gasteiger charge is -2.24. The van der Waals surface area contributed by atoms with Crippen LogP contribution in [-0.4, -0.2) is 26.2 Å². The molecule has 0 radical (unpaired) electrons. The number of hydrogen-bond donors (Lipinski definition) is 1. The lowest BCUT2D eigenvalue weighted by Crippen LogP contribution is -2.31. The highest BCUT2D eigenvalue weighted by Gasteiger charge is 2.55. The van der Waals surface area contributed by atoms with Crippen molar-refractivity contribution in [3.8, 4) is 0 Å². The number of ether oxygens (including phenoxy) is 1. The Labute approximate surface area is 143 Å². The van der Waals surface area contributed by atoms with Gasteiger partial charge in [0.2, 0.25) is 10.0 Å². The second-order valence-electron chi connectivity index (χ2n) is 7.15. The van der Waals surface area contributed by atoms with Crippen LogP contribution in [0.15, 0.2) is 36.4 Å². The first-order chi connectivity index (χ1) is 11.2.